The predicted octanol–water partition coefficient (Wildman–Crippen LogP) is 4.12. The molecule has 0 aliphatic rings. The molecule has 0 unspecified atom stereocenters. The summed E-state index contributed by atoms with van der Waals surface area (Å²) in [7, 11) is 0. The van der Waals surface area contributed by atoms with Crippen molar-refractivity contribution in [2.24, 2.45) is 0 Å². The summed E-state index contributed by atoms with van der Waals surface area (Å²) in [6.45, 7) is 1.66. The number of amides is 1. The number of rotatable bonds is 4. The van der Waals surface area contributed by atoms with Crippen LogP contribution in [0.4, 0.5) is 5.69 Å². The Morgan fingerprint density at radius 1 is 1.00 bits per heavy atom. The summed E-state index contributed by atoms with van der Waals surface area (Å²) >= 11 is 5.82. The molecule has 5 nitrogen and oxygen atoms in total. The highest BCUT2D eigenvalue weighted by molar-refractivity contribution is 6.30. The molecule has 3 aromatic rings. The third kappa shape index (κ3) is 3.36. The van der Waals surface area contributed by atoms with Gasteiger partial charge in [-0.25, -0.2) is 0 Å². The van der Waals surface area contributed by atoms with E-state index < -0.39 is 0 Å². The number of halogens is 1. The summed E-state index contributed by atoms with van der Waals surface area (Å²) in [6, 6.07) is 13.4. The molecule has 0 fully saturated rings. The van der Waals surface area contributed by atoms with E-state index in [9.17, 15) is 9.59 Å². The first-order valence-corrected chi connectivity index (χ1v) is 7.55. The molecule has 2 aromatic carbocycles. The molecule has 3 rings (SSSR count). The second kappa shape index (κ2) is 6.68. The van der Waals surface area contributed by atoms with Crippen molar-refractivity contribution < 1.29 is 14.1 Å². The van der Waals surface area contributed by atoms with Crippen molar-refractivity contribution in [3.8, 4) is 0 Å². The zero-order valence-electron chi connectivity index (χ0n) is 12.7. The van der Waals surface area contributed by atoms with Crippen LogP contribution >= 0.6 is 11.6 Å². The molecule has 1 N–H and O–H groups in total. The minimum atomic E-state index is -0.314. The average Bonchev–Trinajstić information content (AvgIpc) is 3.02. The number of hydrogen-bond donors (Lipinski definition) is 1. The zero-order valence-corrected chi connectivity index (χ0v) is 13.5. The Kier molecular flexibility index (Phi) is 4.44. The molecule has 0 radical (unpaired) electrons. The maximum absolute atomic E-state index is 12.4. The van der Waals surface area contributed by atoms with Gasteiger partial charge in [0, 0.05) is 21.8 Å². The van der Waals surface area contributed by atoms with Crippen molar-refractivity contribution in [1.29, 1.82) is 0 Å². The molecule has 120 valence electrons. The van der Waals surface area contributed by atoms with Crippen LogP contribution in [-0.4, -0.2) is 16.8 Å². The first kappa shape index (κ1) is 16.0. The smallest absolute Gasteiger partial charge is 0.260 e. The third-order valence-electron chi connectivity index (χ3n) is 3.51. The molecular formula is C18H13ClN2O3. The van der Waals surface area contributed by atoms with E-state index in [0.717, 1.165) is 0 Å². The van der Waals surface area contributed by atoms with Crippen molar-refractivity contribution in [2.75, 3.05) is 5.32 Å². The van der Waals surface area contributed by atoms with Crippen LogP contribution in [0.15, 0.2) is 59.3 Å². The summed E-state index contributed by atoms with van der Waals surface area (Å²) in [6.07, 6.45) is 1.36. The minimum absolute atomic E-state index is 0.112. The van der Waals surface area contributed by atoms with Crippen molar-refractivity contribution in [3.63, 3.8) is 0 Å². The second-order valence-electron chi connectivity index (χ2n) is 5.16. The van der Waals surface area contributed by atoms with E-state index >= 15 is 0 Å². The van der Waals surface area contributed by atoms with E-state index in [1.807, 2.05) is 0 Å². The third-order valence-corrected chi connectivity index (χ3v) is 3.76. The lowest BCUT2D eigenvalue weighted by atomic mass is 10.0. The number of anilines is 1. The van der Waals surface area contributed by atoms with E-state index in [1.165, 1.54) is 6.20 Å². The molecule has 0 bridgehead atoms. The lowest BCUT2D eigenvalue weighted by Gasteiger charge is -2.06. The first-order chi connectivity index (χ1) is 11.5. The molecule has 0 aliphatic heterocycles. The summed E-state index contributed by atoms with van der Waals surface area (Å²) in [5.74, 6) is 0.0204. The van der Waals surface area contributed by atoms with Gasteiger partial charge in [0.05, 0.1) is 6.20 Å². The number of carbonyl (C=O) groups excluding carboxylic acids is 2. The fourth-order valence-electron chi connectivity index (χ4n) is 2.19. The van der Waals surface area contributed by atoms with E-state index in [2.05, 4.69) is 10.5 Å². The van der Waals surface area contributed by atoms with Crippen LogP contribution in [0.2, 0.25) is 5.02 Å². The van der Waals surface area contributed by atoms with Gasteiger partial charge in [0.25, 0.3) is 5.91 Å². The molecule has 0 aliphatic carbocycles. The number of ketones is 1. The van der Waals surface area contributed by atoms with Crippen LogP contribution in [0.3, 0.4) is 0 Å². The largest absolute Gasteiger partial charge is 0.361 e. The Bertz CT molecular complexity index is 883. The highest BCUT2D eigenvalue weighted by Crippen LogP contribution is 2.17. The number of nitrogens with one attached hydrogen (secondary N) is 1. The fourth-order valence-corrected chi connectivity index (χ4v) is 2.31. The van der Waals surface area contributed by atoms with E-state index in [1.54, 1.807) is 55.5 Å². The molecular weight excluding hydrogens is 328 g/mol. The number of aryl methyl sites for hydroxylation is 1. The number of nitrogens with zero attached hydrogens (tertiary/aromatic N) is 1. The van der Waals surface area contributed by atoms with Gasteiger partial charge in [-0.3, -0.25) is 9.59 Å². The molecule has 1 aromatic heterocycles. The lowest BCUT2D eigenvalue weighted by Crippen LogP contribution is -2.12. The summed E-state index contributed by atoms with van der Waals surface area (Å²) < 4.78 is 4.87. The van der Waals surface area contributed by atoms with Crippen LogP contribution < -0.4 is 5.32 Å². The van der Waals surface area contributed by atoms with Crippen LogP contribution in [-0.2, 0) is 0 Å². The second-order valence-corrected chi connectivity index (χ2v) is 5.60. The Labute approximate surface area is 143 Å². The maximum Gasteiger partial charge on any atom is 0.260 e. The van der Waals surface area contributed by atoms with Gasteiger partial charge in [0.15, 0.2) is 5.78 Å². The SMILES string of the molecule is Cc1oncc1C(=O)Nc1ccc(C(=O)c2ccc(Cl)cc2)cc1. The Balaban J connectivity index is 1.73. The van der Waals surface area contributed by atoms with Gasteiger partial charge in [-0.15, -0.1) is 0 Å². The van der Waals surface area contributed by atoms with Gasteiger partial charge in [-0.2, -0.15) is 0 Å². The Morgan fingerprint density at radius 2 is 1.58 bits per heavy atom. The summed E-state index contributed by atoms with van der Waals surface area (Å²) in [5.41, 5.74) is 2.03. The molecule has 1 amide bonds. The first-order valence-electron chi connectivity index (χ1n) is 7.17. The average molecular weight is 341 g/mol. The van der Waals surface area contributed by atoms with Crippen molar-refractivity contribution in [1.82, 2.24) is 5.16 Å². The topological polar surface area (TPSA) is 72.2 Å². The van der Waals surface area contributed by atoms with Crippen LogP contribution in [0, 0.1) is 6.92 Å². The van der Waals surface area contributed by atoms with Gasteiger partial charge in [-0.05, 0) is 55.5 Å². The molecule has 1 heterocycles. The van der Waals surface area contributed by atoms with Crippen LogP contribution in [0.1, 0.15) is 32.0 Å². The number of hydrogen-bond acceptors (Lipinski definition) is 4. The molecule has 0 saturated carbocycles. The standard InChI is InChI=1S/C18H13ClN2O3/c1-11-16(10-20-24-11)18(23)21-15-8-4-13(5-9-15)17(22)12-2-6-14(19)7-3-12/h2-10H,1H3,(H,21,23). The zero-order chi connectivity index (χ0) is 17.1. The van der Waals surface area contributed by atoms with Gasteiger partial charge in [0.2, 0.25) is 0 Å². The number of aromatic nitrogens is 1. The number of benzene rings is 2. The maximum atomic E-state index is 12.4. The molecule has 6 heteroatoms. The summed E-state index contributed by atoms with van der Waals surface area (Å²) in [5, 5.41) is 6.88. The van der Waals surface area contributed by atoms with Gasteiger partial charge >= 0.3 is 0 Å². The van der Waals surface area contributed by atoms with Crippen molar-refractivity contribution in [3.05, 3.63) is 82.2 Å². The predicted molar refractivity (Wildman–Crippen MR) is 90.5 cm³/mol. The van der Waals surface area contributed by atoms with E-state index in [4.69, 9.17) is 16.1 Å². The fraction of sp³-hybridized carbons (Fsp3) is 0.0556. The number of carbonyl (C=O) groups is 2. The van der Waals surface area contributed by atoms with E-state index in [-0.39, 0.29) is 11.7 Å². The lowest BCUT2D eigenvalue weighted by molar-refractivity contribution is 0.102. The van der Waals surface area contributed by atoms with Gasteiger partial charge < -0.3 is 9.84 Å². The minimum Gasteiger partial charge on any atom is -0.361 e. The Hall–Kier alpha value is -2.92. The quantitative estimate of drug-likeness (QED) is 0.725. The monoisotopic (exact) mass is 340 g/mol. The Morgan fingerprint density at radius 3 is 2.12 bits per heavy atom. The van der Waals surface area contributed by atoms with Gasteiger partial charge in [0.1, 0.15) is 11.3 Å². The van der Waals surface area contributed by atoms with Crippen LogP contribution in [0.25, 0.3) is 0 Å². The van der Waals surface area contributed by atoms with Crippen molar-refractivity contribution >= 4 is 29.0 Å². The molecule has 0 atom stereocenters. The summed E-state index contributed by atoms with van der Waals surface area (Å²) in [4.78, 5) is 24.4. The van der Waals surface area contributed by atoms with Gasteiger partial charge in [-0.1, -0.05) is 16.8 Å². The molecule has 24 heavy (non-hydrogen) atoms. The van der Waals surface area contributed by atoms with E-state index in [0.29, 0.717) is 33.2 Å². The normalized spacial score (nSPS) is 10.4. The molecule has 0 saturated heterocycles. The van der Waals surface area contributed by atoms with Crippen LogP contribution in [0.5, 0.6) is 0 Å². The molecule has 0 spiro atoms. The highest BCUT2D eigenvalue weighted by atomic mass is 35.5. The van der Waals surface area contributed by atoms with Crippen molar-refractivity contribution in [2.45, 2.75) is 6.92 Å². The highest BCUT2D eigenvalue weighted by Gasteiger charge is 2.13.